The van der Waals surface area contributed by atoms with Gasteiger partial charge in [-0.1, -0.05) is 6.07 Å². The van der Waals surface area contributed by atoms with E-state index in [2.05, 4.69) is 20.9 Å². The van der Waals surface area contributed by atoms with Gasteiger partial charge in [0.25, 0.3) is 0 Å². The average Bonchev–Trinajstić information content (AvgIpc) is 3.30. The Morgan fingerprint density at radius 2 is 2.08 bits per heavy atom. The van der Waals surface area contributed by atoms with Crippen LogP contribution in [0.4, 0.5) is 0 Å². The third-order valence-corrected chi connectivity index (χ3v) is 5.91. The highest BCUT2D eigenvalue weighted by atomic mass is 16.5. The monoisotopic (exact) mass is 345 g/mol. The maximum absolute atomic E-state index is 6.35. The number of hydrogen-bond acceptors (Lipinski definition) is 5. The molecule has 138 valence electrons. The first-order valence-electron chi connectivity index (χ1n) is 9.97. The SMILES string of the molecule is c1cncc(CN2CC[C@H]3O[C@H](COCCN4CCCC4)CC[C@H]32)c1. The minimum Gasteiger partial charge on any atom is -0.377 e. The molecule has 25 heavy (non-hydrogen) atoms. The summed E-state index contributed by atoms with van der Waals surface area (Å²) in [6.45, 7) is 7.32. The summed E-state index contributed by atoms with van der Waals surface area (Å²) in [6.07, 6.45) is 10.7. The molecule has 0 bridgehead atoms. The molecule has 1 aromatic heterocycles. The maximum atomic E-state index is 6.35. The maximum Gasteiger partial charge on any atom is 0.0813 e. The second-order valence-electron chi connectivity index (χ2n) is 7.69. The molecule has 0 saturated carbocycles. The zero-order chi connectivity index (χ0) is 16.9. The molecular weight excluding hydrogens is 314 g/mol. The van der Waals surface area contributed by atoms with Gasteiger partial charge in [0.05, 0.1) is 25.4 Å². The van der Waals surface area contributed by atoms with E-state index in [1.54, 1.807) is 0 Å². The quantitative estimate of drug-likeness (QED) is 0.709. The van der Waals surface area contributed by atoms with Gasteiger partial charge in [-0.05, 0) is 56.8 Å². The first-order chi connectivity index (χ1) is 12.4. The van der Waals surface area contributed by atoms with Crippen molar-refractivity contribution in [2.45, 2.75) is 56.9 Å². The first-order valence-corrected chi connectivity index (χ1v) is 9.97. The second-order valence-corrected chi connectivity index (χ2v) is 7.69. The van der Waals surface area contributed by atoms with Gasteiger partial charge < -0.3 is 14.4 Å². The molecule has 5 heteroatoms. The Kier molecular flexibility index (Phi) is 5.98. The zero-order valence-electron chi connectivity index (χ0n) is 15.2. The number of rotatable bonds is 7. The van der Waals surface area contributed by atoms with Crippen molar-refractivity contribution in [2.24, 2.45) is 0 Å². The van der Waals surface area contributed by atoms with Gasteiger partial charge in [-0.2, -0.15) is 0 Å². The summed E-state index contributed by atoms with van der Waals surface area (Å²) in [6, 6.07) is 4.76. The highest BCUT2D eigenvalue weighted by Crippen LogP contribution is 2.32. The van der Waals surface area contributed by atoms with Crippen LogP contribution < -0.4 is 0 Å². The third kappa shape index (κ3) is 4.59. The summed E-state index contributed by atoms with van der Waals surface area (Å²) in [5, 5.41) is 0. The lowest BCUT2D eigenvalue weighted by Crippen LogP contribution is -2.43. The van der Waals surface area contributed by atoms with Crippen molar-refractivity contribution in [3.8, 4) is 0 Å². The normalized spacial score (nSPS) is 30.6. The molecule has 3 saturated heterocycles. The van der Waals surface area contributed by atoms with Crippen molar-refractivity contribution in [1.29, 1.82) is 0 Å². The lowest BCUT2D eigenvalue weighted by atomic mass is 9.99. The lowest BCUT2D eigenvalue weighted by molar-refractivity contribution is -0.100. The van der Waals surface area contributed by atoms with E-state index in [1.165, 1.54) is 37.9 Å². The van der Waals surface area contributed by atoms with E-state index in [1.807, 2.05) is 18.5 Å². The molecule has 4 rings (SSSR count). The van der Waals surface area contributed by atoms with E-state index in [9.17, 15) is 0 Å². The predicted octanol–water partition coefficient (Wildman–Crippen LogP) is 2.32. The largest absolute Gasteiger partial charge is 0.377 e. The predicted molar refractivity (Wildman–Crippen MR) is 97.4 cm³/mol. The summed E-state index contributed by atoms with van der Waals surface area (Å²) in [5.74, 6) is 0. The smallest absolute Gasteiger partial charge is 0.0813 e. The highest BCUT2D eigenvalue weighted by molar-refractivity contribution is 5.09. The minimum absolute atomic E-state index is 0.290. The molecule has 0 aromatic carbocycles. The number of pyridine rings is 1. The summed E-state index contributed by atoms with van der Waals surface area (Å²) < 4.78 is 12.3. The van der Waals surface area contributed by atoms with Crippen LogP contribution in [0, 0.1) is 0 Å². The fourth-order valence-electron chi connectivity index (χ4n) is 4.55. The van der Waals surface area contributed by atoms with Gasteiger partial charge >= 0.3 is 0 Å². The van der Waals surface area contributed by atoms with Crippen molar-refractivity contribution in [2.75, 3.05) is 39.4 Å². The molecule has 0 aliphatic carbocycles. The van der Waals surface area contributed by atoms with Crippen molar-refractivity contribution in [3.05, 3.63) is 30.1 Å². The van der Waals surface area contributed by atoms with Crippen LogP contribution in [-0.4, -0.2) is 72.4 Å². The van der Waals surface area contributed by atoms with Crippen LogP contribution in [0.3, 0.4) is 0 Å². The third-order valence-electron chi connectivity index (χ3n) is 5.91. The number of aromatic nitrogens is 1. The molecule has 3 aliphatic heterocycles. The zero-order valence-corrected chi connectivity index (χ0v) is 15.2. The van der Waals surface area contributed by atoms with Crippen molar-refractivity contribution in [1.82, 2.24) is 14.8 Å². The molecule has 3 atom stereocenters. The Balaban J connectivity index is 1.18. The van der Waals surface area contributed by atoms with Crippen LogP contribution in [0.1, 0.15) is 37.7 Å². The van der Waals surface area contributed by atoms with Crippen LogP contribution >= 0.6 is 0 Å². The Bertz CT molecular complexity index is 521. The van der Waals surface area contributed by atoms with Gasteiger partial charge in [0.2, 0.25) is 0 Å². The van der Waals surface area contributed by atoms with E-state index >= 15 is 0 Å². The van der Waals surface area contributed by atoms with Crippen LogP contribution in [0.15, 0.2) is 24.5 Å². The highest BCUT2D eigenvalue weighted by Gasteiger charge is 2.39. The molecule has 0 spiro atoms. The fourth-order valence-corrected chi connectivity index (χ4v) is 4.55. The average molecular weight is 345 g/mol. The molecule has 3 fully saturated rings. The van der Waals surface area contributed by atoms with Crippen LogP contribution in [0.5, 0.6) is 0 Å². The van der Waals surface area contributed by atoms with Crippen LogP contribution in [0.2, 0.25) is 0 Å². The van der Waals surface area contributed by atoms with Gasteiger partial charge in [-0.3, -0.25) is 9.88 Å². The van der Waals surface area contributed by atoms with Crippen molar-refractivity contribution >= 4 is 0 Å². The molecule has 5 nitrogen and oxygen atoms in total. The number of nitrogens with zero attached hydrogens (tertiary/aromatic N) is 3. The lowest BCUT2D eigenvalue weighted by Gasteiger charge is -2.36. The van der Waals surface area contributed by atoms with Gasteiger partial charge in [0, 0.05) is 38.1 Å². The van der Waals surface area contributed by atoms with Crippen molar-refractivity contribution in [3.63, 3.8) is 0 Å². The molecule has 0 radical (unpaired) electrons. The molecule has 3 aliphatic rings. The van der Waals surface area contributed by atoms with E-state index in [0.717, 1.165) is 45.7 Å². The van der Waals surface area contributed by atoms with Gasteiger partial charge in [-0.15, -0.1) is 0 Å². The van der Waals surface area contributed by atoms with Gasteiger partial charge in [-0.25, -0.2) is 0 Å². The Labute approximate surface area is 151 Å². The topological polar surface area (TPSA) is 37.8 Å². The number of fused-ring (bicyclic) bond motifs is 1. The number of ether oxygens (including phenoxy) is 2. The summed E-state index contributed by atoms with van der Waals surface area (Å²) in [4.78, 5) is 9.32. The number of hydrogen-bond donors (Lipinski definition) is 0. The minimum atomic E-state index is 0.290. The van der Waals surface area contributed by atoms with Crippen molar-refractivity contribution < 1.29 is 9.47 Å². The molecule has 1 aromatic rings. The molecule has 0 amide bonds. The Morgan fingerprint density at radius 3 is 2.92 bits per heavy atom. The molecule has 0 N–H and O–H groups in total. The summed E-state index contributed by atoms with van der Waals surface area (Å²) >= 11 is 0. The summed E-state index contributed by atoms with van der Waals surface area (Å²) in [5.41, 5.74) is 1.30. The number of likely N-dealkylation sites (tertiary alicyclic amines) is 2. The van der Waals surface area contributed by atoms with E-state index < -0.39 is 0 Å². The fraction of sp³-hybridized carbons (Fsp3) is 0.750. The molecule has 0 unspecified atom stereocenters. The summed E-state index contributed by atoms with van der Waals surface area (Å²) in [7, 11) is 0. The molecular formula is C20H31N3O2. The van der Waals surface area contributed by atoms with Gasteiger partial charge in [0.15, 0.2) is 0 Å². The van der Waals surface area contributed by atoms with E-state index in [4.69, 9.17) is 9.47 Å². The first kappa shape index (κ1) is 17.4. The Hall–Kier alpha value is -1.01. The van der Waals surface area contributed by atoms with E-state index in [0.29, 0.717) is 12.1 Å². The second kappa shape index (κ2) is 8.58. The van der Waals surface area contributed by atoms with Gasteiger partial charge in [0.1, 0.15) is 0 Å². The molecule has 4 heterocycles. The van der Waals surface area contributed by atoms with Crippen LogP contribution in [0.25, 0.3) is 0 Å². The Morgan fingerprint density at radius 1 is 1.16 bits per heavy atom. The standard InChI is InChI=1S/C20H31N3O2/c1-2-10-22(9-1)12-13-24-16-18-5-6-19-20(25-18)7-11-23(19)15-17-4-3-8-21-14-17/h3-4,8,14,18-20H,1-2,5-7,9-13,15-16H2/t18-,19+,20+/m0/s1. The van der Waals surface area contributed by atoms with E-state index in [-0.39, 0.29) is 6.10 Å². The van der Waals surface area contributed by atoms with Crippen LogP contribution in [-0.2, 0) is 16.0 Å².